The quantitative estimate of drug-likeness (QED) is 0.687. The second kappa shape index (κ2) is 5.61. The summed E-state index contributed by atoms with van der Waals surface area (Å²) in [6.45, 7) is 4.13. The van der Waals surface area contributed by atoms with Gasteiger partial charge in [-0.15, -0.1) is 0 Å². The van der Waals surface area contributed by atoms with E-state index in [0.29, 0.717) is 6.04 Å². The number of nitrogens with zero attached hydrogens (tertiary/aromatic N) is 1. The average molecular weight is 216 g/mol. The fourth-order valence-electron chi connectivity index (χ4n) is 1.64. The van der Waals surface area contributed by atoms with Gasteiger partial charge in [0.1, 0.15) is 0 Å². The Hall–Kier alpha value is -0.220. The number of thiol groups is 1. The van der Waals surface area contributed by atoms with Crippen LogP contribution in [0.5, 0.6) is 0 Å². The number of carbonyl (C=O) groups is 1. The second-order valence-electron chi connectivity index (χ2n) is 4.01. The molecular formula is C10H20N2OS. The number of hydrogen-bond donors (Lipinski definition) is 2. The average Bonchev–Trinajstić information content (AvgIpc) is 2.20. The number of nitrogens with one attached hydrogen (secondary N) is 1. The van der Waals surface area contributed by atoms with Crippen molar-refractivity contribution in [3.8, 4) is 0 Å². The molecule has 0 aliphatic carbocycles. The van der Waals surface area contributed by atoms with Crippen LogP contribution in [-0.2, 0) is 4.79 Å². The van der Waals surface area contributed by atoms with Crippen LogP contribution in [0.2, 0.25) is 0 Å². The number of amides is 1. The Balaban J connectivity index is 2.27. The van der Waals surface area contributed by atoms with Crippen molar-refractivity contribution in [2.24, 2.45) is 0 Å². The van der Waals surface area contributed by atoms with Crippen molar-refractivity contribution in [2.45, 2.75) is 37.5 Å². The summed E-state index contributed by atoms with van der Waals surface area (Å²) in [7, 11) is 2.12. The van der Waals surface area contributed by atoms with E-state index in [2.05, 4.69) is 29.9 Å². The van der Waals surface area contributed by atoms with Crippen molar-refractivity contribution in [2.75, 3.05) is 20.1 Å². The highest BCUT2D eigenvalue weighted by atomic mass is 32.1. The van der Waals surface area contributed by atoms with E-state index in [0.717, 1.165) is 32.4 Å². The Bertz CT molecular complexity index is 191. The number of carbonyl (C=O) groups excluding carboxylic acids is 1. The molecule has 1 fully saturated rings. The van der Waals surface area contributed by atoms with Crippen molar-refractivity contribution in [1.82, 2.24) is 10.2 Å². The highest BCUT2D eigenvalue weighted by Crippen LogP contribution is 2.09. The maximum atomic E-state index is 11.5. The van der Waals surface area contributed by atoms with Gasteiger partial charge in [0.15, 0.2) is 0 Å². The maximum absolute atomic E-state index is 11.5. The molecular weight excluding hydrogens is 196 g/mol. The molecule has 0 saturated carbocycles. The molecule has 1 rings (SSSR count). The van der Waals surface area contributed by atoms with E-state index in [-0.39, 0.29) is 11.2 Å². The van der Waals surface area contributed by atoms with Crippen LogP contribution in [0.15, 0.2) is 0 Å². The van der Waals surface area contributed by atoms with Crippen LogP contribution in [0.25, 0.3) is 0 Å². The molecule has 1 amide bonds. The lowest BCUT2D eigenvalue weighted by Crippen LogP contribution is -2.45. The highest BCUT2D eigenvalue weighted by molar-refractivity contribution is 7.81. The van der Waals surface area contributed by atoms with E-state index in [1.165, 1.54) is 0 Å². The zero-order valence-electron chi connectivity index (χ0n) is 8.99. The lowest BCUT2D eigenvalue weighted by molar-refractivity contribution is -0.121. The van der Waals surface area contributed by atoms with Gasteiger partial charge in [0.25, 0.3) is 0 Å². The smallest absolute Gasteiger partial charge is 0.233 e. The summed E-state index contributed by atoms with van der Waals surface area (Å²) in [6, 6.07) is 0.361. The first-order valence-electron chi connectivity index (χ1n) is 5.30. The monoisotopic (exact) mass is 216 g/mol. The number of hydrogen-bond acceptors (Lipinski definition) is 3. The molecule has 1 heterocycles. The minimum absolute atomic E-state index is 0.0883. The van der Waals surface area contributed by atoms with Gasteiger partial charge in [0, 0.05) is 6.04 Å². The van der Waals surface area contributed by atoms with Crippen molar-refractivity contribution in [3.63, 3.8) is 0 Å². The predicted octanol–water partition coefficient (Wildman–Crippen LogP) is 0.905. The third kappa shape index (κ3) is 3.50. The van der Waals surface area contributed by atoms with Crippen LogP contribution < -0.4 is 5.32 Å². The zero-order chi connectivity index (χ0) is 10.6. The van der Waals surface area contributed by atoms with Gasteiger partial charge in [0.2, 0.25) is 5.91 Å². The lowest BCUT2D eigenvalue weighted by atomic mass is 10.1. The summed E-state index contributed by atoms with van der Waals surface area (Å²) in [6.07, 6.45) is 2.92. The SMILES string of the molecule is CCC(S)C(=O)NC1CCN(C)CC1. The Morgan fingerprint density at radius 1 is 1.57 bits per heavy atom. The second-order valence-corrected chi connectivity index (χ2v) is 4.63. The molecule has 1 saturated heterocycles. The molecule has 3 nitrogen and oxygen atoms in total. The Morgan fingerprint density at radius 2 is 2.14 bits per heavy atom. The zero-order valence-corrected chi connectivity index (χ0v) is 9.89. The minimum Gasteiger partial charge on any atom is -0.352 e. The molecule has 1 aliphatic heterocycles. The van der Waals surface area contributed by atoms with E-state index >= 15 is 0 Å². The van der Waals surface area contributed by atoms with Gasteiger partial charge in [-0.05, 0) is 39.4 Å². The van der Waals surface area contributed by atoms with Gasteiger partial charge in [-0.25, -0.2) is 0 Å². The van der Waals surface area contributed by atoms with E-state index < -0.39 is 0 Å². The van der Waals surface area contributed by atoms with Crippen molar-refractivity contribution < 1.29 is 4.79 Å². The van der Waals surface area contributed by atoms with E-state index in [1.54, 1.807) is 0 Å². The number of piperidine rings is 1. The number of rotatable bonds is 3. The van der Waals surface area contributed by atoms with Crippen LogP contribution in [0.1, 0.15) is 26.2 Å². The fourth-order valence-corrected chi connectivity index (χ4v) is 1.71. The maximum Gasteiger partial charge on any atom is 0.233 e. The molecule has 1 N–H and O–H groups in total. The third-order valence-corrected chi connectivity index (χ3v) is 3.35. The normalized spacial score (nSPS) is 21.9. The Kier molecular flexibility index (Phi) is 4.75. The van der Waals surface area contributed by atoms with Crippen molar-refractivity contribution >= 4 is 18.5 Å². The van der Waals surface area contributed by atoms with E-state index in [1.807, 2.05) is 6.92 Å². The molecule has 1 unspecified atom stereocenters. The first-order chi connectivity index (χ1) is 6.63. The topological polar surface area (TPSA) is 32.3 Å². The Labute approximate surface area is 91.6 Å². The molecule has 4 heteroatoms. The molecule has 0 bridgehead atoms. The fraction of sp³-hybridized carbons (Fsp3) is 0.900. The van der Waals surface area contributed by atoms with Crippen LogP contribution in [0.4, 0.5) is 0 Å². The van der Waals surface area contributed by atoms with Gasteiger partial charge in [0.05, 0.1) is 5.25 Å². The first-order valence-corrected chi connectivity index (χ1v) is 5.82. The summed E-state index contributed by atoms with van der Waals surface area (Å²) in [5, 5.41) is 2.90. The van der Waals surface area contributed by atoms with Crippen molar-refractivity contribution in [1.29, 1.82) is 0 Å². The lowest BCUT2D eigenvalue weighted by Gasteiger charge is -2.30. The van der Waals surface area contributed by atoms with Crippen molar-refractivity contribution in [3.05, 3.63) is 0 Å². The highest BCUT2D eigenvalue weighted by Gasteiger charge is 2.20. The van der Waals surface area contributed by atoms with E-state index in [4.69, 9.17) is 0 Å². The molecule has 0 aromatic carbocycles. The molecule has 0 aromatic heterocycles. The first kappa shape index (κ1) is 11.9. The van der Waals surface area contributed by atoms with Crippen LogP contribution in [0.3, 0.4) is 0 Å². The van der Waals surface area contributed by atoms with Gasteiger partial charge in [-0.2, -0.15) is 12.6 Å². The molecule has 0 spiro atoms. The molecule has 0 aromatic rings. The summed E-state index contributed by atoms with van der Waals surface area (Å²) < 4.78 is 0. The summed E-state index contributed by atoms with van der Waals surface area (Å²) in [4.78, 5) is 13.8. The summed E-state index contributed by atoms with van der Waals surface area (Å²) in [5.41, 5.74) is 0. The minimum atomic E-state index is -0.144. The predicted molar refractivity (Wildman–Crippen MR) is 61.7 cm³/mol. The summed E-state index contributed by atoms with van der Waals surface area (Å²) in [5.74, 6) is 0.0883. The van der Waals surface area contributed by atoms with E-state index in [9.17, 15) is 4.79 Å². The van der Waals surface area contributed by atoms with Crippen LogP contribution in [0, 0.1) is 0 Å². The molecule has 14 heavy (non-hydrogen) atoms. The van der Waals surface area contributed by atoms with Gasteiger partial charge < -0.3 is 10.2 Å². The molecule has 1 atom stereocenters. The third-order valence-electron chi connectivity index (χ3n) is 2.75. The largest absolute Gasteiger partial charge is 0.352 e. The molecule has 0 radical (unpaired) electrons. The number of likely N-dealkylation sites (tertiary alicyclic amines) is 1. The van der Waals surface area contributed by atoms with Crippen LogP contribution in [-0.4, -0.2) is 42.2 Å². The summed E-state index contributed by atoms with van der Waals surface area (Å²) >= 11 is 4.22. The standard InChI is InChI=1S/C10H20N2OS/c1-3-9(14)10(13)11-8-4-6-12(2)7-5-8/h8-9,14H,3-7H2,1-2H3,(H,11,13). The van der Waals surface area contributed by atoms with Gasteiger partial charge in [-0.1, -0.05) is 6.92 Å². The molecule has 1 aliphatic rings. The van der Waals surface area contributed by atoms with Gasteiger partial charge in [-0.3, -0.25) is 4.79 Å². The Morgan fingerprint density at radius 3 is 2.64 bits per heavy atom. The van der Waals surface area contributed by atoms with Crippen LogP contribution >= 0.6 is 12.6 Å². The molecule has 82 valence electrons. The van der Waals surface area contributed by atoms with Gasteiger partial charge >= 0.3 is 0 Å².